The number of ether oxygens (including phenoxy) is 2. The Balaban J connectivity index is 1.67. The molecule has 0 atom stereocenters. The van der Waals surface area contributed by atoms with Crippen LogP contribution < -0.4 is 19.7 Å². The van der Waals surface area contributed by atoms with Gasteiger partial charge in [0, 0.05) is 49.5 Å². The number of nitrogens with zero attached hydrogens (tertiary/aromatic N) is 2. The SMILES string of the molecule is C=Cc1c(N2CCNCC2)cc(C(=O)CN2Cc3cc(OCC)c(OCC)c(F)c3C2=N)cc1C(C)(C)C. The molecule has 0 bridgehead atoms. The van der Waals surface area contributed by atoms with E-state index >= 15 is 4.39 Å². The number of amidine groups is 1. The van der Waals surface area contributed by atoms with Crippen LogP contribution in [0.4, 0.5) is 10.1 Å². The molecule has 7 nitrogen and oxygen atoms in total. The predicted octanol–water partition coefficient (Wildman–Crippen LogP) is 5.00. The van der Waals surface area contributed by atoms with Gasteiger partial charge in [0.1, 0.15) is 5.84 Å². The predicted molar refractivity (Wildman–Crippen MR) is 151 cm³/mol. The lowest BCUT2D eigenvalue weighted by Crippen LogP contribution is -2.44. The fourth-order valence-electron chi connectivity index (χ4n) is 5.22. The summed E-state index contributed by atoms with van der Waals surface area (Å²) < 4.78 is 26.6. The van der Waals surface area contributed by atoms with E-state index in [2.05, 4.69) is 37.6 Å². The summed E-state index contributed by atoms with van der Waals surface area (Å²) in [5, 5.41) is 12.1. The summed E-state index contributed by atoms with van der Waals surface area (Å²) in [6, 6.07) is 5.64. The number of carbonyl (C=O) groups excluding carboxylic acids is 1. The van der Waals surface area contributed by atoms with E-state index in [1.54, 1.807) is 17.9 Å². The zero-order valence-corrected chi connectivity index (χ0v) is 23.2. The van der Waals surface area contributed by atoms with Crippen LogP contribution in [0.3, 0.4) is 0 Å². The number of hydrogen-bond acceptors (Lipinski definition) is 6. The molecule has 0 aromatic heterocycles. The summed E-state index contributed by atoms with van der Waals surface area (Å²) in [4.78, 5) is 17.6. The number of halogens is 1. The zero-order valence-electron chi connectivity index (χ0n) is 23.2. The molecule has 1 fully saturated rings. The molecule has 0 amide bonds. The standard InChI is InChI=1S/C30H39FN4O3/c1-7-21-22(30(4,5)6)14-19(15-23(21)34-12-10-33-11-13-34)24(36)18-35-17-20-16-25(37-8-2)28(38-9-3)27(31)26(20)29(35)32/h7,14-16,32-33H,1,8-13,17-18H2,2-6H3. The van der Waals surface area contributed by atoms with Gasteiger partial charge in [-0.2, -0.15) is 0 Å². The first kappa shape index (κ1) is 27.6. The summed E-state index contributed by atoms with van der Waals surface area (Å²) in [5.74, 6) is -0.408. The van der Waals surface area contributed by atoms with Crippen molar-refractivity contribution in [3.05, 3.63) is 58.4 Å². The molecule has 0 spiro atoms. The van der Waals surface area contributed by atoms with E-state index in [-0.39, 0.29) is 48.0 Å². The fourth-order valence-corrected chi connectivity index (χ4v) is 5.22. The minimum Gasteiger partial charge on any atom is -0.490 e. The normalized spacial score (nSPS) is 15.5. The molecule has 4 rings (SSSR count). The van der Waals surface area contributed by atoms with Crippen molar-refractivity contribution in [1.82, 2.24) is 10.2 Å². The van der Waals surface area contributed by atoms with Gasteiger partial charge in [-0.05, 0) is 48.6 Å². The second kappa shape index (κ2) is 11.2. The molecule has 0 unspecified atom stereocenters. The maximum Gasteiger partial charge on any atom is 0.197 e. The molecule has 2 aromatic rings. The zero-order chi connectivity index (χ0) is 27.6. The van der Waals surface area contributed by atoms with Crippen molar-refractivity contribution in [1.29, 1.82) is 5.41 Å². The summed E-state index contributed by atoms with van der Waals surface area (Å²) in [6.45, 7) is 18.4. The summed E-state index contributed by atoms with van der Waals surface area (Å²) in [5.41, 5.74) is 4.28. The molecular weight excluding hydrogens is 483 g/mol. The Morgan fingerprint density at radius 2 is 1.84 bits per heavy atom. The smallest absolute Gasteiger partial charge is 0.197 e. The van der Waals surface area contributed by atoms with Crippen molar-refractivity contribution < 1.29 is 18.7 Å². The quantitative estimate of drug-likeness (QED) is 0.452. The van der Waals surface area contributed by atoms with Crippen molar-refractivity contribution in [3.8, 4) is 11.5 Å². The van der Waals surface area contributed by atoms with Crippen LogP contribution in [0.25, 0.3) is 6.08 Å². The highest BCUT2D eigenvalue weighted by Crippen LogP contribution is 2.39. The summed E-state index contributed by atoms with van der Waals surface area (Å²) in [7, 11) is 0. The maximum absolute atomic E-state index is 15.5. The first-order valence-electron chi connectivity index (χ1n) is 13.3. The van der Waals surface area contributed by atoms with Gasteiger partial charge in [0.2, 0.25) is 0 Å². The van der Waals surface area contributed by atoms with Gasteiger partial charge in [0.15, 0.2) is 23.1 Å². The van der Waals surface area contributed by atoms with Crippen LogP contribution in [0, 0.1) is 11.2 Å². The van der Waals surface area contributed by atoms with Gasteiger partial charge in [0.05, 0.1) is 25.3 Å². The van der Waals surface area contributed by atoms with Crippen molar-refractivity contribution in [3.63, 3.8) is 0 Å². The van der Waals surface area contributed by atoms with Crippen LogP contribution in [0.15, 0.2) is 24.8 Å². The van der Waals surface area contributed by atoms with Crippen LogP contribution in [0.1, 0.15) is 67.2 Å². The second-order valence-corrected chi connectivity index (χ2v) is 10.7. The van der Waals surface area contributed by atoms with Crippen LogP contribution >= 0.6 is 0 Å². The third-order valence-corrected chi connectivity index (χ3v) is 7.06. The largest absolute Gasteiger partial charge is 0.490 e. The second-order valence-electron chi connectivity index (χ2n) is 10.7. The van der Waals surface area contributed by atoms with Gasteiger partial charge in [-0.3, -0.25) is 10.2 Å². The molecule has 38 heavy (non-hydrogen) atoms. The maximum atomic E-state index is 15.5. The first-order valence-corrected chi connectivity index (χ1v) is 13.3. The van der Waals surface area contributed by atoms with E-state index in [1.807, 2.05) is 25.1 Å². The number of anilines is 1. The Morgan fingerprint density at radius 1 is 1.16 bits per heavy atom. The first-order chi connectivity index (χ1) is 18.1. The number of carbonyl (C=O) groups is 1. The molecular formula is C30H39FN4O3. The lowest BCUT2D eigenvalue weighted by molar-refractivity contribution is 0.0962. The van der Waals surface area contributed by atoms with Crippen molar-refractivity contribution in [2.75, 3.05) is 50.8 Å². The average Bonchev–Trinajstić information content (AvgIpc) is 3.20. The number of fused-ring (bicyclic) bond motifs is 1. The third kappa shape index (κ3) is 5.27. The molecule has 204 valence electrons. The molecule has 8 heteroatoms. The highest BCUT2D eigenvalue weighted by Gasteiger charge is 2.33. The Hall–Kier alpha value is -3.39. The number of nitrogens with one attached hydrogen (secondary N) is 2. The van der Waals surface area contributed by atoms with Crippen molar-refractivity contribution in [2.45, 2.75) is 46.6 Å². The Morgan fingerprint density at radius 3 is 2.45 bits per heavy atom. The van der Waals surface area contributed by atoms with Crippen LogP contribution in [0.2, 0.25) is 0 Å². The van der Waals surface area contributed by atoms with E-state index in [0.717, 1.165) is 43.0 Å². The topological polar surface area (TPSA) is 77.9 Å². The number of benzene rings is 2. The Labute approximate surface area is 225 Å². The molecule has 2 aliphatic heterocycles. The number of ketones is 1. The number of Topliss-reactive ketones (excluding diaryl/α,β-unsaturated/α-hetero) is 1. The van der Waals surface area contributed by atoms with Crippen molar-refractivity contribution in [2.24, 2.45) is 0 Å². The molecule has 0 aliphatic carbocycles. The molecule has 0 saturated carbocycles. The summed E-state index contributed by atoms with van der Waals surface area (Å²) in [6.07, 6.45) is 1.88. The van der Waals surface area contributed by atoms with Gasteiger partial charge in [-0.15, -0.1) is 0 Å². The number of piperazine rings is 1. The highest BCUT2D eigenvalue weighted by atomic mass is 19.1. The van der Waals surface area contributed by atoms with E-state index in [9.17, 15) is 4.79 Å². The van der Waals surface area contributed by atoms with E-state index in [0.29, 0.717) is 23.5 Å². The minimum absolute atomic E-state index is 0.0153. The molecule has 2 heterocycles. The van der Waals surface area contributed by atoms with Gasteiger partial charge < -0.3 is 24.6 Å². The van der Waals surface area contributed by atoms with Crippen LogP contribution in [0.5, 0.6) is 11.5 Å². The van der Waals surface area contributed by atoms with Crippen molar-refractivity contribution >= 4 is 23.4 Å². The number of hydrogen-bond donors (Lipinski definition) is 2. The fraction of sp³-hybridized carbons (Fsp3) is 0.467. The lowest BCUT2D eigenvalue weighted by atomic mass is 9.81. The molecule has 0 radical (unpaired) electrons. The molecule has 1 saturated heterocycles. The highest BCUT2D eigenvalue weighted by molar-refractivity contribution is 6.06. The lowest BCUT2D eigenvalue weighted by Gasteiger charge is -2.34. The van der Waals surface area contributed by atoms with E-state index < -0.39 is 5.82 Å². The Kier molecular flexibility index (Phi) is 8.11. The van der Waals surface area contributed by atoms with Gasteiger partial charge in [-0.1, -0.05) is 33.4 Å². The van der Waals surface area contributed by atoms with Gasteiger partial charge >= 0.3 is 0 Å². The van der Waals surface area contributed by atoms with Crippen LogP contribution in [-0.2, 0) is 12.0 Å². The van der Waals surface area contributed by atoms with Gasteiger partial charge in [0.25, 0.3) is 0 Å². The van der Waals surface area contributed by atoms with Crippen LogP contribution in [-0.4, -0.2) is 62.5 Å². The molecule has 2 aliphatic rings. The average molecular weight is 523 g/mol. The molecule has 2 N–H and O–H groups in total. The monoisotopic (exact) mass is 522 g/mol. The van der Waals surface area contributed by atoms with E-state index in [1.165, 1.54) is 0 Å². The van der Waals surface area contributed by atoms with E-state index in [4.69, 9.17) is 14.9 Å². The Bertz CT molecular complexity index is 1250. The number of rotatable bonds is 9. The molecule has 2 aromatic carbocycles. The third-order valence-electron chi connectivity index (χ3n) is 7.06. The van der Waals surface area contributed by atoms with Gasteiger partial charge in [-0.25, -0.2) is 4.39 Å². The minimum atomic E-state index is -0.612. The summed E-state index contributed by atoms with van der Waals surface area (Å²) >= 11 is 0.